The second-order valence-electron chi connectivity index (χ2n) is 21.7. The molecule has 0 aliphatic carbocycles. The highest BCUT2D eigenvalue weighted by Crippen LogP contribution is 2.60. The Morgan fingerprint density at radius 2 is 0.671 bits per heavy atom. The minimum absolute atomic E-state index is 0.688. The van der Waals surface area contributed by atoms with Crippen molar-refractivity contribution in [3.8, 4) is 67.5 Å². The van der Waals surface area contributed by atoms with Crippen molar-refractivity contribution in [3.63, 3.8) is 0 Å². The summed E-state index contributed by atoms with van der Waals surface area (Å²) in [6.07, 6.45) is 0. The van der Waals surface area contributed by atoms with Crippen molar-refractivity contribution in [1.82, 2.24) is 0 Å². The minimum Gasteiger partial charge on any atom is -0.457 e. The third-order valence-corrected chi connectivity index (χ3v) is 17.5. The van der Waals surface area contributed by atoms with Crippen LogP contribution in [-0.4, -0.2) is 0 Å². The summed E-state index contributed by atoms with van der Waals surface area (Å²) in [5.74, 6) is 3.38. The zero-order valence-electron chi connectivity index (χ0n) is 44.8. The van der Waals surface area contributed by atoms with E-state index in [-0.39, 0.29) is 0 Å². The molecule has 2 heteroatoms. The Morgan fingerprint density at radius 3 is 1.30 bits per heavy atom. The van der Waals surface area contributed by atoms with Crippen LogP contribution in [0.4, 0.5) is 0 Å². The number of rotatable bonds is 8. The molecule has 0 saturated heterocycles. The third-order valence-electron chi connectivity index (χ3n) is 17.5. The summed E-state index contributed by atoms with van der Waals surface area (Å²) in [5, 5.41) is 7.02. The van der Waals surface area contributed by atoms with Crippen molar-refractivity contribution in [2.75, 3.05) is 0 Å². The van der Waals surface area contributed by atoms with E-state index in [0.29, 0.717) is 0 Å². The predicted octanol–water partition coefficient (Wildman–Crippen LogP) is 20.8. The molecule has 0 unspecified atom stereocenters. The first kappa shape index (κ1) is 47.5. The molecule has 0 atom stereocenters. The first-order chi connectivity index (χ1) is 40.7. The van der Waals surface area contributed by atoms with Crippen LogP contribution in [0.1, 0.15) is 44.5 Å². The molecule has 2 heterocycles. The maximum Gasteiger partial charge on any atom is 0.132 e. The fourth-order valence-corrected chi connectivity index (χ4v) is 14.1. The number of fused-ring (bicyclic) bond motifs is 7. The summed E-state index contributed by atoms with van der Waals surface area (Å²) < 4.78 is 14.1. The van der Waals surface area contributed by atoms with E-state index in [9.17, 15) is 0 Å². The number of hydrogen-bond donors (Lipinski definition) is 0. The van der Waals surface area contributed by atoms with Gasteiger partial charge in [-0.2, -0.15) is 0 Å². The molecule has 0 saturated carbocycles. The molecule has 0 amide bonds. The zero-order valence-corrected chi connectivity index (χ0v) is 44.8. The van der Waals surface area contributed by atoms with Crippen LogP contribution in [0.2, 0.25) is 0 Å². The molecule has 16 rings (SSSR count). The van der Waals surface area contributed by atoms with Crippen LogP contribution in [0.5, 0.6) is 23.0 Å². The Kier molecular flexibility index (Phi) is 11.0. The standard InChI is InChI=1S/C80H52O2/c1-6-25-53(26-7-1)56-49-54-27-16-17-36-62(54)69(50-56)77-64-39-22-37-61(55-47-48-75-72(51-55)79(57-28-8-2-9-29-57,58-30-10-3-11-31-58)70-42-18-20-44-73(70)81-75)67(64)52-68-63(38-23-40-65(68)77)66-41-24-46-76-78(66)80(59-32-12-4-13-33-59,60-34-14-5-15-35-60)71-43-19-21-45-74(71)82-76/h1-52H. The van der Waals surface area contributed by atoms with Gasteiger partial charge in [0.15, 0.2) is 0 Å². The summed E-state index contributed by atoms with van der Waals surface area (Å²) in [6, 6.07) is 115. The number of para-hydroxylation sites is 2. The van der Waals surface area contributed by atoms with Crippen LogP contribution >= 0.6 is 0 Å². The monoisotopic (exact) mass is 1040 g/mol. The van der Waals surface area contributed by atoms with Gasteiger partial charge in [0.2, 0.25) is 0 Å². The molecule has 0 spiro atoms. The maximum atomic E-state index is 7.13. The van der Waals surface area contributed by atoms with Gasteiger partial charge >= 0.3 is 0 Å². The summed E-state index contributed by atoms with van der Waals surface area (Å²) in [7, 11) is 0. The van der Waals surface area contributed by atoms with Gasteiger partial charge in [-0.15, -0.1) is 0 Å². The van der Waals surface area contributed by atoms with Gasteiger partial charge in [-0.25, -0.2) is 0 Å². The van der Waals surface area contributed by atoms with Gasteiger partial charge in [0.1, 0.15) is 23.0 Å². The van der Waals surface area contributed by atoms with Gasteiger partial charge in [0, 0.05) is 22.3 Å². The number of benzene rings is 14. The van der Waals surface area contributed by atoms with Gasteiger partial charge in [-0.05, 0) is 148 Å². The predicted molar refractivity (Wildman–Crippen MR) is 337 cm³/mol. The van der Waals surface area contributed by atoms with E-state index >= 15 is 0 Å². The van der Waals surface area contributed by atoms with Gasteiger partial charge in [-0.3, -0.25) is 0 Å². The Balaban J connectivity index is 1.03. The van der Waals surface area contributed by atoms with Crippen LogP contribution in [0, 0.1) is 0 Å². The lowest BCUT2D eigenvalue weighted by atomic mass is 9.62. The molecule has 2 nitrogen and oxygen atoms in total. The average Bonchev–Trinajstić information content (AvgIpc) is 2.03. The third kappa shape index (κ3) is 7.14. The summed E-state index contributed by atoms with van der Waals surface area (Å²) >= 11 is 0. The van der Waals surface area contributed by atoms with Crippen LogP contribution in [0.25, 0.3) is 76.8 Å². The average molecular weight is 1050 g/mol. The normalized spacial score (nSPS) is 13.5. The molecule has 14 aromatic rings. The highest BCUT2D eigenvalue weighted by atomic mass is 16.5. The van der Waals surface area contributed by atoms with Crippen molar-refractivity contribution in [2.45, 2.75) is 10.8 Å². The van der Waals surface area contributed by atoms with Gasteiger partial charge in [0.25, 0.3) is 0 Å². The van der Waals surface area contributed by atoms with E-state index in [1.165, 1.54) is 66.1 Å². The Hall–Kier alpha value is -10.5. The number of ether oxygens (including phenoxy) is 2. The van der Waals surface area contributed by atoms with E-state index in [1.54, 1.807) is 0 Å². The Bertz CT molecular complexity index is 4700. The topological polar surface area (TPSA) is 18.5 Å². The first-order valence-electron chi connectivity index (χ1n) is 28.3. The molecule has 384 valence electrons. The molecule has 0 fully saturated rings. The molecule has 2 aliphatic rings. The van der Waals surface area contributed by atoms with Crippen molar-refractivity contribution < 1.29 is 9.47 Å². The first-order valence-corrected chi connectivity index (χ1v) is 28.3. The SMILES string of the molecule is c1ccc(-c2cc(-c3c4cccc(-c5ccc6c(c5)C(c5ccccc5)(c5ccccc5)c5ccccc5O6)c4cc4c(-c5cccc6c5C(c5ccccc5)(c5ccccc5)c5ccccc5O6)cccc34)c3ccccc3c2)cc1. The van der Waals surface area contributed by atoms with Crippen molar-refractivity contribution in [3.05, 3.63) is 360 Å². The van der Waals surface area contributed by atoms with Crippen LogP contribution in [-0.2, 0) is 10.8 Å². The minimum atomic E-state index is -0.746. The second-order valence-corrected chi connectivity index (χ2v) is 21.7. The fourth-order valence-electron chi connectivity index (χ4n) is 14.1. The molecule has 0 N–H and O–H groups in total. The summed E-state index contributed by atoms with van der Waals surface area (Å²) in [4.78, 5) is 0. The molecular formula is C80H52O2. The Morgan fingerprint density at radius 1 is 0.220 bits per heavy atom. The van der Waals surface area contributed by atoms with Crippen LogP contribution in [0.15, 0.2) is 315 Å². The fraction of sp³-hybridized carbons (Fsp3) is 0.0250. The molecule has 82 heavy (non-hydrogen) atoms. The van der Waals surface area contributed by atoms with Crippen LogP contribution < -0.4 is 9.47 Å². The second kappa shape index (κ2) is 19.1. The van der Waals surface area contributed by atoms with E-state index < -0.39 is 10.8 Å². The van der Waals surface area contributed by atoms with Crippen molar-refractivity contribution in [1.29, 1.82) is 0 Å². The largest absolute Gasteiger partial charge is 0.457 e. The van der Waals surface area contributed by atoms with Gasteiger partial charge in [0.05, 0.1) is 10.8 Å². The quantitative estimate of drug-likeness (QED) is 0.141. The molecule has 14 aromatic carbocycles. The lowest BCUT2D eigenvalue weighted by molar-refractivity contribution is 0.434. The maximum absolute atomic E-state index is 7.13. The smallest absolute Gasteiger partial charge is 0.132 e. The molecule has 0 radical (unpaired) electrons. The highest BCUT2D eigenvalue weighted by molar-refractivity contribution is 6.22. The number of hydrogen-bond acceptors (Lipinski definition) is 2. The molecular weight excluding hydrogens is 993 g/mol. The van der Waals surface area contributed by atoms with Gasteiger partial charge in [-0.1, -0.05) is 267 Å². The van der Waals surface area contributed by atoms with E-state index in [4.69, 9.17) is 9.47 Å². The summed E-state index contributed by atoms with van der Waals surface area (Å²) in [6.45, 7) is 0. The molecule has 2 aliphatic heterocycles. The van der Waals surface area contributed by atoms with Crippen molar-refractivity contribution in [2.24, 2.45) is 0 Å². The van der Waals surface area contributed by atoms with Gasteiger partial charge < -0.3 is 9.47 Å². The lowest BCUT2D eigenvalue weighted by Crippen LogP contribution is -2.34. The highest BCUT2D eigenvalue weighted by Gasteiger charge is 2.48. The molecule has 0 bridgehead atoms. The van der Waals surface area contributed by atoms with E-state index in [2.05, 4.69) is 315 Å². The molecule has 0 aromatic heterocycles. The summed E-state index contributed by atoms with van der Waals surface area (Å²) in [5.41, 5.74) is 16.8. The lowest BCUT2D eigenvalue weighted by Gasteiger charge is -2.42. The van der Waals surface area contributed by atoms with E-state index in [1.807, 2.05) is 0 Å². The van der Waals surface area contributed by atoms with Crippen molar-refractivity contribution >= 4 is 32.3 Å². The Labute approximate surface area is 477 Å². The van der Waals surface area contributed by atoms with Crippen LogP contribution in [0.3, 0.4) is 0 Å². The zero-order chi connectivity index (χ0) is 54.2. The van der Waals surface area contributed by atoms with E-state index in [0.717, 1.165) is 78.3 Å².